The molecule has 0 spiro atoms. The third-order valence-electron chi connectivity index (χ3n) is 6.28. The molecule has 2 aliphatic heterocycles. The van der Waals surface area contributed by atoms with Crippen LogP contribution in [0.4, 0.5) is 13.2 Å². The summed E-state index contributed by atoms with van der Waals surface area (Å²) < 4.78 is 50.8. The molecule has 168 valence electrons. The minimum Gasteiger partial charge on any atom is -0.487 e. The van der Waals surface area contributed by atoms with Crippen molar-refractivity contribution in [3.8, 4) is 5.75 Å². The Kier molecular flexibility index (Phi) is 6.85. The molecule has 0 bridgehead atoms. The van der Waals surface area contributed by atoms with Gasteiger partial charge in [-0.2, -0.15) is 0 Å². The summed E-state index contributed by atoms with van der Waals surface area (Å²) in [4.78, 5) is 17.2. The van der Waals surface area contributed by atoms with Gasteiger partial charge in [-0.05, 0) is 50.8 Å². The lowest BCUT2D eigenvalue weighted by Gasteiger charge is -2.37. The minimum absolute atomic E-state index is 0.0517. The fraction of sp³-hybridized carbons (Fsp3) is 0.522. The molecule has 5 nitrogen and oxygen atoms in total. The third-order valence-corrected chi connectivity index (χ3v) is 6.28. The van der Waals surface area contributed by atoms with E-state index in [4.69, 9.17) is 9.15 Å². The quantitative estimate of drug-likeness (QED) is 0.680. The fourth-order valence-electron chi connectivity index (χ4n) is 4.43. The normalized spacial score (nSPS) is 19.0. The molecule has 0 radical (unpaired) electrons. The molecule has 31 heavy (non-hydrogen) atoms. The molecule has 4 rings (SSSR count). The average molecular weight is 436 g/mol. The first-order valence-corrected chi connectivity index (χ1v) is 10.8. The van der Waals surface area contributed by atoms with E-state index < -0.39 is 23.2 Å². The van der Waals surface area contributed by atoms with Gasteiger partial charge < -0.3 is 14.1 Å². The number of nitrogens with zero attached hydrogens (tertiary/aromatic N) is 2. The van der Waals surface area contributed by atoms with Crippen LogP contribution in [-0.2, 0) is 11.3 Å². The Balaban J connectivity index is 1.20. The number of hydrogen-bond donors (Lipinski definition) is 0. The van der Waals surface area contributed by atoms with Crippen molar-refractivity contribution in [1.82, 2.24) is 9.80 Å². The summed E-state index contributed by atoms with van der Waals surface area (Å²) in [5.41, 5.74) is 1.15. The predicted octanol–water partition coefficient (Wildman–Crippen LogP) is 4.23. The standard InChI is InChI=1S/C23H27F3N2O3/c24-19-11-20(25)22(21(26)12-19)31-15-16-1-8-28(9-2-16)23(29)18-3-6-27(7-4-18)13-17-5-10-30-14-17/h5,10-12,14,16,18H,1-4,6-9,13,15H2. The number of likely N-dealkylation sites (tertiary alicyclic amines) is 2. The van der Waals surface area contributed by atoms with E-state index >= 15 is 0 Å². The number of amides is 1. The van der Waals surface area contributed by atoms with E-state index in [0.717, 1.165) is 50.9 Å². The first-order valence-electron chi connectivity index (χ1n) is 10.8. The summed E-state index contributed by atoms with van der Waals surface area (Å²) in [5, 5.41) is 0. The van der Waals surface area contributed by atoms with Crippen LogP contribution in [0.2, 0.25) is 0 Å². The predicted molar refractivity (Wildman–Crippen MR) is 108 cm³/mol. The molecule has 0 unspecified atom stereocenters. The van der Waals surface area contributed by atoms with Crippen molar-refractivity contribution in [2.24, 2.45) is 11.8 Å². The zero-order valence-corrected chi connectivity index (χ0v) is 17.4. The Morgan fingerprint density at radius 2 is 1.71 bits per heavy atom. The maximum Gasteiger partial charge on any atom is 0.225 e. The van der Waals surface area contributed by atoms with Gasteiger partial charge in [-0.3, -0.25) is 9.69 Å². The van der Waals surface area contributed by atoms with E-state index in [1.807, 2.05) is 11.0 Å². The van der Waals surface area contributed by atoms with E-state index in [9.17, 15) is 18.0 Å². The number of piperidine rings is 2. The lowest BCUT2D eigenvalue weighted by Crippen LogP contribution is -2.45. The zero-order chi connectivity index (χ0) is 21.8. The van der Waals surface area contributed by atoms with Crippen LogP contribution in [0, 0.1) is 29.3 Å². The highest BCUT2D eigenvalue weighted by molar-refractivity contribution is 5.79. The number of carbonyl (C=O) groups is 1. The smallest absolute Gasteiger partial charge is 0.225 e. The minimum atomic E-state index is -1.04. The van der Waals surface area contributed by atoms with Crippen molar-refractivity contribution in [3.63, 3.8) is 0 Å². The fourth-order valence-corrected chi connectivity index (χ4v) is 4.43. The van der Waals surface area contributed by atoms with Gasteiger partial charge in [0.1, 0.15) is 5.82 Å². The number of hydrogen-bond acceptors (Lipinski definition) is 4. The summed E-state index contributed by atoms with van der Waals surface area (Å²) in [5.74, 6) is -3.23. The van der Waals surface area contributed by atoms with Crippen LogP contribution in [-0.4, -0.2) is 48.5 Å². The van der Waals surface area contributed by atoms with Gasteiger partial charge in [-0.15, -0.1) is 0 Å². The van der Waals surface area contributed by atoms with Gasteiger partial charge in [0.05, 0.1) is 19.1 Å². The monoisotopic (exact) mass is 436 g/mol. The summed E-state index contributed by atoms with van der Waals surface area (Å²) in [6.45, 7) is 4.01. The van der Waals surface area contributed by atoms with Crippen molar-refractivity contribution >= 4 is 5.91 Å². The molecule has 2 aliphatic rings. The Morgan fingerprint density at radius 1 is 1.03 bits per heavy atom. The number of benzene rings is 1. The summed E-state index contributed by atoms with van der Waals surface area (Å²) in [6, 6.07) is 3.18. The van der Waals surface area contributed by atoms with E-state index in [1.54, 1.807) is 12.5 Å². The van der Waals surface area contributed by atoms with Gasteiger partial charge in [0, 0.05) is 43.2 Å². The molecule has 0 saturated carbocycles. The van der Waals surface area contributed by atoms with Gasteiger partial charge in [0.2, 0.25) is 5.91 Å². The molecule has 1 aromatic carbocycles. The Bertz CT molecular complexity index is 851. The summed E-state index contributed by atoms with van der Waals surface area (Å²) in [7, 11) is 0. The number of rotatable bonds is 6. The highest BCUT2D eigenvalue weighted by Gasteiger charge is 2.31. The van der Waals surface area contributed by atoms with Crippen molar-refractivity contribution < 1.29 is 27.1 Å². The lowest BCUT2D eigenvalue weighted by atomic mass is 9.92. The second kappa shape index (κ2) is 9.77. The first-order chi connectivity index (χ1) is 15.0. The molecule has 0 N–H and O–H groups in total. The van der Waals surface area contributed by atoms with Crippen LogP contribution in [0.25, 0.3) is 0 Å². The Hall–Kier alpha value is -2.48. The molecule has 8 heteroatoms. The van der Waals surface area contributed by atoms with Crippen molar-refractivity contribution in [1.29, 1.82) is 0 Å². The van der Waals surface area contributed by atoms with Gasteiger partial charge in [0.25, 0.3) is 0 Å². The van der Waals surface area contributed by atoms with Crippen LogP contribution >= 0.6 is 0 Å². The van der Waals surface area contributed by atoms with Gasteiger partial charge in [-0.25, -0.2) is 13.2 Å². The van der Waals surface area contributed by atoms with Crippen molar-refractivity contribution in [2.45, 2.75) is 32.2 Å². The van der Waals surface area contributed by atoms with E-state index in [-0.39, 0.29) is 24.3 Å². The average Bonchev–Trinajstić information content (AvgIpc) is 3.26. The molecular formula is C23H27F3N2O3. The van der Waals surface area contributed by atoms with E-state index in [1.165, 1.54) is 0 Å². The molecule has 2 saturated heterocycles. The Labute approximate surface area is 179 Å². The third kappa shape index (κ3) is 5.42. The molecule has 0 aliphatic carbocycles. The second-order valence-electron chi connectivity index (χ2n) is 8.46. The maximum absolute atomic E-state index is 13.7. The van der Waals surface area contributed by atoms with Crippen LogP contribution in [0.1, 0.15) is 31.2 Å². The SMILES string of the molecule is O=C(C1CCN(Cc2ccoc2)CC1)N1CCC(COc2c(F)cc(F)cc2F)CC1. The lowest BCUT2D eigenvalue weighted by molar-refractivity contribution is -0.138. The topological polar surface area (TPSA) is 45.9 Å². The molecule has 1 amide bonds. The summed E-state index contributed by atoms with van der Waals surface area (Å²) >= 11 is 0. The number of furan rings is 1. The molecular weight excluding hydrogens is 409 g/mol. The molecule has 2 fully saturated rings. The zero-order valence-electron chi connectivity index (χ0n) is 17.4. The molecule has 3 heterocycles. The maximum atomic E-state index is 13.7. The number of carbonyl (C=O) groups excluding carboxylic acids is 1. The number of ether oxygens (including phenoxy) is 1. The van der Waals surface area contributed by atoms with E-state index in [2.05, 4.69) is 4.90 Å². The van der Waals surface area contributed by atoms with Gasteiger partial charge in [-0.1, -0.05) is 0 Å². The van der Waals surface area contributed by atoms with Crippen LogP contribution in [0.5, 0.6) is 5.75 Å². The van der Waals surface area contributed by atoms with Gasteiger partial charge in [0.15, 0.2) is 17.4 Å². The van der Waals surface area contributed by atoms with Crippen molar-refractivity contribution in [3.05, 3.63) is 53.7 Å². The molecule has 2 aromatic rings. The van der Waals surface area contributed by atoms with Crippen LogP contribution in [0.3, 0.4) is 0 Å². The Morgan fingerprint density at radius 3 is 2.32 bits per heavy atom. The summed E-state index contributed by atoms with van der Waals surface area (Å²) in [6.07, 6.45) is 6.56. The number of halogens is 3. The van der Waals surface area contributed by atoms with E-state index in [0.29, 0.717) is 25.2 Å². The highest BCUT2D eigenvalue weighted by Crippen LogP contribution is 2.27. The second-order valence-corrected chi connectivity index (χ2v) is 8.46. The van der Waals surface area contributed by atoms with Crippen molar-refractivity contribution in [2.75, 3.05) is 32.8 Å². The van der Waals surface area contributed by atoms with Crippen LogP contribution < -0.4 is 4.74 Å². The van der Waals surface area contributed by atoms with Gasteiger partial charge >= 0.3 is 0 Å². The van der Waals surface area contributed by atoms with Crippen LogP contribution in [0.15, 0.2) is 35.1 Å². The highest BCUT2D eigenvalue weighted by atomic mass is 19.1. The first kappa shape index (κ1) is 21.7. The molecule has 0 atom stereocenters. The molecule has 1 aromatic heterocycles. The largest absolute Gasteiger partial charge is 0.487 e.